The van der Waals surface area contributed by atoms with Gasteiger partial charge in [0.15, 0.2) is 0 Å². The summed E-state index contributed by atoms with van der Waals surface area (Å²) in [6.45, 7) is 8.95. The Hall–Kier alpha value is -2.09. The lowest BCUT2D eigenvalue weighted by molar-refractivity contribution is -0.122. The summed E-state index contributed by atoms with van der Waals surface area (Å²) in [4.78, 5) is 11.9. The highest BCUT2D eigenvalue weighted by Gasteiger charge is 2.14. The van der Waals surface area contributed by atoms with Crippen LogP contribution in [0.15, 0.2) is 48.5 Å². The van der Waals surface area contributed by atoms with Gasteiger partial charge >= 0.3 is 0 Å². The third-order valence-electron chi connectivity index (χ3n) is 4.07. The first-order chi connectivity index (χ1) is 10.5. The summed E-state index contributed by atoms with van der Waals surface area (Å²) in [5.41, 5.74) is 4.79. The first-order valence-corrected chi connectivity index (χ1v) is 8.01. The Morgan fingerprint density at radius 3 is 1.73 bits per heavy atom. The van der Waals surface area contributed by atoms with Crippen molar-refractivity contribution in [3.63, 3.8) is 0 Å². The van der Waals surface area contributed by atoms with Crippen molar-refractivity contribution in [2.24, 2.45) is 0 Å². The second-order valence-electron chi connectivity index (χ2n) is 6.01. The number of hydrogen-bond donors (Lipinski definition) is 1. The van der Waals surface area contributed by atoms with E-state index in [2.05, 4.69) is 55.6 Å². The van der Waals surface area contributed by atoms with Gasteiger partial charge in [0, 0.05) is 6.54 Å². The number of nitrogens with one attached hydrogen (secondary N) is 1. The van der Waals surface area contributed by atoms with Crippen LogP contribution >= 0.6 is 0 Å². The number of carbonyl (C=O) groups excluding carboxylic acids is 1. The van der Waals surface area contributed by atoms with E-state index < -0.39 is 0 Å². The van der Waals surface area contributed by atoms with E-state index in [1.54, 1.807) is 0 Å². The molecule has 0 fully saturated rings. The predicted octanol–water partition coefficient (Wildman–Crippen LogP) is 4.72. The lowest BCUT2D eigenvalue weighted by Crippen LogP contribution is -2.27. The molecule has 2 heteroatoms. The van der Waals surface area contributed by atoms with Crippen LogP contribution in [-0.2, 0) is 4.79 Å². The van der Waals surface area contributed by atoms with E-state index in [0.717, 1.165) is 5.56 Å². The fraction of sp³-hybridized carbons (Fsp3) is 0.350. The molecular weight excluding hydrogens is 270 g/mol. The summed E-state index contributed by atoms with van der Waals surface area (Å²) in [6, 6.07) is 17.0. The van der Waals surface area contributed by atoms with Gasteiger partial charge < -0.3 is 5.32 Å². The fourth-order valence-corrected chi connectivity index (χ4v) is 2.50. The first kappa shape index (κ1) is 16.3. The molecule has 2 nitrogen and oxygen atoms in total. The van der Waals surface area contributed by atoms with Crippen LogP contribution in [0.2, 0.25) is 0 Å². The van der Waals surface area contributed by atoms with E-state index in [1.807, 2.05) is 26.0 Å². The van der Waals surface area contributed by atoms with Crippen molar-refractivity contribution >= 4 is 5.91 Å². The number of rotatable bonds is 5. The van der Waals surface area contributed by atoms with Crippen molar-refractivity contribution in [3.8, 4) is 11.1 Å². The molecule has 1 unspecified atom stereocenters. The monoisotopic (exact) mass is 295 g/mol. The van der Waals surface area contributed by atoms with Crippen LogP contribution in [-0.4, -0.2) is 12.5 Å². The number of carbonyl (C=O) groups is 1. The molecule has 2 rings (SSSR count). The maximum atomic E-state index is 11.9. The first-order valence-electron chi connectivity index (χ1n) is 8.01. The molecule has 116 valence electrons. The third-order valence-corrected chi connectivity index (χ3v) is 4.07. The summed E-state index contributed by atoms with van der Waals surface area (Å²) < 4.78 is 0. The van der Waals surface area contributed by atoms with Crippen molar-refractivity contribution in [2.45, 2.75) is 39.5 Å². The van der Waals surface area contributed by atoms with Crippen LogP contribution < -0.4 is 5.32 Å². The van der Waals surface area contributed by atoms with Gasteiger partial charge in [-0.1, -0.05) is 62.4 Å². The van der Waals surface area contributed by atoms with E-state index in [4.69, 9.17) is 0 Å². The van der Waals surface area contributed by atoms with Crippen molar-refractivity contribution in [3.05, 3.63) is 59.7 Å². The van der Waals surface area contributed by atoms with Crippen molar-refractivity contribution in [1.29, 1.82) is 0 Å². The van der Waals surface area contributed by atoms with Crippen LogP contribution in [0.25, 0.3) is 11.1 Å². The largest absolute Gasteiger partial charge is 0.356 e. The van der Waals surface area contributed by atoms with Gasteiger partial charge in [0.05, 0.1) is 5.92 Å². The molecule has 22 heavy (non-hydrogen) atoms. The zero-order chi connectivity index (χ0) is 16.1. The topological polar surface area (TPSA) is 29.1 Å². The SMILES string of the molecule is CCNC(=O)C(C)c1ccc(-c2ccc(C(C)C)cc2)cc1. The molecule has 0 radical (unpaired) electrons. The van der Waals surface area contributed by atoms with Crippen LogP contribution in [0.3, 0.4) is 0 Å². The standard InChI is InChI=1S/C20H25NO/c1-5-21-20(22)15(4)17-8-12-19(13-9-17)18-10-6-16(7-11-18)14(2)3/h6-15H,5H2,1-4H3,(H,21,22). The lowest BCUT2D eigenvalue weighted by atomic mass is 9.95. The molecule has 2 aromatic carbocycles. The second-order valence-corrected chi connectivity index (χ2v) is 6.01. The summed E-state index contributed by atoms with van der Waals surface area (Å²) >= 11 is 0. The molecule has 0 saturated heterocycles. The minimum absolute atomic E-state index is 0.0801. The van der Waals surface area contributed by atoms with Gasteiger partial charge in [0.1, 0.15) is 0 Å². The maximum absolute atomic E-state index is 11.9. The predicted molar refractivity (Wildman–Crippen MR) is 93.1 cm³/mol. The zero-order valence-electron chi connectivity index (χ0n) is 13.9. The van der Waals surface area contributed by atoms with Crippen LogP contribution in [0.5, 0.6) is 0 Å². The Bertz CT molecular complexity index is 611. The second kappa shape index (κ2) is 7.26. The highest BCUT2D eigenvalue weighted by atomic mass is 16.1. The average molecular weight is 295 g/mol. The highest BCUT2D eigenvalue weighted by Crippen LogP contribution is 2.25. The van der Waals surface area contributed by atoms with Crippen molar-refractivity contribution in [2.75, 3.05) is 6.54 Å². The van der Waals surface area contributed by atoms with Crippen LogP contribution in [0.4, 0.5) is 0 Å². The smallest absolute Gasteiger partial charge is 0.227 e. The molecule has 1 N–H and O–H groups in total. The summed E-state index contributed by atoms with van der Waals surface area (Å²) in [5, 5.41) is 2.87. The molecular formula is C20H25NO. The van der Waals surface area contributed by atoms with E-state index >= 15 is 0 Å². The van der Waals surface area contributed by atoms with E-state index in [-0.39, 0.29) is 11.8 Å². The maximum Gasteiger partial charge on any atom is 0.227 e. The Labute approximate surface area is 133 Å². The zero-order valence-corrected chi connectivity index (χ0v) is 13.9. The molecule has 0 aliphatic heterocycles. The Kier molecular flexibility index (Phi) is 5.37. The molecule has 0 spiro atoms. The molecule has 0 aromatic heterocycles. The summed E-state index contributed by atoms with van der Waals surface area (Å²) in [6.07, 6.45) is 0. The highest BCUT2D eigenvalue weighted by molar-refractivity contribution is 5.83. The van der Waals surface area contributed by atoms with Gasteiger partial charge in [0.2, 0.25) is 5.91 Å². The minimum atomic E-state index is -0.114. The Morgan fingerprint density at radius 2 is 1.32 bits per heavy atom. The normalized spacial score (nSPS) is 12.2. The van der Waals surface area contributed by atoms with Gasteiger partial charge in [-0.3, -0.25) is 4.79 Å². The van der Waals surface area contributed by atoms with E-state index in [9.17, 15) is 4.79 Å². The average Bonchev–Trinajstić information content (AvgIpc) is 2.54. The van der Waals surface area contributed by atoms with Crippen LogP contribution in [0, 0.1) is 0 Å². The molecule has 0 bridgehead atoms. The number of amides is 1. The molecule has 0 saturated carbocycles. The lowest BCUT2D eigenvalue weighted by Gasteiger charge is -2.12. The molecule has 1 atom stereocenters. The van der Waals surface area contributed by atoms with Gasteiger partial charge in [0.25, 0.3) is 0 Å². The molecule has 2 aromatic rings. The molecule has 1 amide bonds. The quantitative estimate of drug-likeness (QED) is 0.850. The third kappa shape index (κ3) is 3.76. The van der Waals surface area contributed by atoms with E-state index in [0.29, 0.717) is 12.5 Å². The van der Waals surface area contributed by atoms with Gasteiger partial charge in [-0.15, -0.1) is 0 Å². The Balaban J connectivity index is 2.16. The molecule has 0 aliphatic carbocycles. The summed E-state index contributed by atoms with van der Waals surface area (Å²) in [5.74, 6) is 0.517. The van der Waals surface area contributed by atoms with Crippen LogP contribution in [0.1, 0.15) is 50.7 Å². The number of hydrogen-bond acceptors (Lipinski definition) is 1. The number of likely N-dealkylation sites (N-methyl/N-ethyl adjacent to an activating group) is 1. The van der Waals surface area contributed by atoms with Gasteiger partial charge in [-0.05, 0) is 42.0 Å². The van der Waals surface area contributed by atoms with Crippen molar-refractivity contribution in [1.82, 2.24) is 5.32 Å². The van der Waals surface area contributed by atoms with Crippen molar-refractivity contribution < 1.29 is 4.79 Å². The molecule has 0 heterocycles. The van der Waals surface area contributed by atoms with Gasteiger partial charge in [-0.25, -0.2) is 0 Å². The minimum Gasteiger partial charge on any atom is -0.356 e. The van der Waals surface area contributed by atoms with E-state index in [1.165, 1.54) is 16.7 Å². The summed E-state index contributed by atoms with van der Waals surface area (Å²) in [7, 11) is 0. The Morgan fingerprint density at radius 1 is 0.864 bits per heavy atom. The number of benzene rings is 2. The van der Waals surface area contributed by atoms with Gasteiger partial charge in [-0.2, -0.15) is 0 Å². The molecule has 0 aliphatic rings. The fourth-order valence-electron chi connectivity index (χ4n) is 2.50.